The lowest BCUT2D eigenvalue weighted by molar-refractivity contribution is -0.145. The number of carboxylic acids is 1. The van der Waals surface area contributed by atoms with Crippen molar-refractivity contribution in [2.45, 2.75) is 133 Å². The number of fused-ring (bicyclic) bond motifs is 3. The number of methoxy groups -OCH3 is 1. The van der Waals surface area contributed by atoms with E-state index in [1.54, 1.807) is 39.2 Å². The van der Waals surface area contributed by atoms with Crippen molar-refractivity contribution in [3.05, 3.63) is 41.8 Å². The molecule has 4 heterocycles. The third kappa shape index (κ3) is 10.4. The van der Waals surface area contributed by atoms with Gasteiger partial charge in [0.2, 0.25) is 21.8 Å². The zero-order valence-electron chi connectivity index (χ0n) is 37.5. The highest BCUT2D eigenvalue weighted by molar-refractivity contribution is 7.89. The molecule has 3 fully saturated rings. The highest BCUT2D eigenvalue weighted by atomic mass is 32.2. The maximum Gasteiger partial charge on any atom is 0.330 e. The molecule has 1 aromatic carbocycles. The largest absolute Gasteiger partial charge is 0.497 e. The lowest BCUT2D eigenvalue weighted by Gasteiger charge is -2.37. The van der Waals surface area contributed by atoms with Gasteiger partial charge in [-0.25, -0.2) is 32.3 Å². The van der Waals surface area contributed by atoms with E-state index >= 15 is 0 Å². The summed E-state index contributed by atoms with van der Waals surface area (Å²) in [5.74, 6) is -1.54. The van der Waals surface area contributed by atoms with Gasteiger partial charge in [-0.1, -0.05) is 31.4 Å². The Morgan fingerprint density at radius 3 is 2.53 bits per heavy atom. The summed E-state index contributed by atoms with van der Waals surface area (Å²) in [5, 5.41) is 25.1. The molecule has 3 aromatic rings. The Hall–Kier alpha value is -5.01. The average Bonchev–Trinajstić information content (AvgIpc) is 3.48. The number of anilines is 1. The molecule has 7 rings (SSSR count). The number of hydrogen-bond donors (Lipinski definition) is 5. The number of nitrogens with zero attached hydrogens (tertiary/aromatic N) is 4. The molecule has 2 aliphatic carbocycles. The Labute approximate surface area is 379 Å². The molecule has 2 saturated carbocycles. The molecule has 0 bridgehead atoms. The van der Waals surface area contributed by atoms with E-state index in [-0.39, 0.29) is 44.3 Å². The second-order valence-corrected chi connectivity index (χ2v) is 21.6. The standard InChI is InChI=1S/C45H62N8O9S2/c1-26(2)46-44-50-37(25-63-44)35-21-39(32-18-17-30(61-6)19-34(32)47-35)62-31-20-38-40(54)51-45(42(56)57)22-29(45)15-10-8-7-9-11-16-33(41(55)53(38)23-31)48-43(58)49-36(28-13-12-14-28)24-52(5)64(59,60)27(3)4/h10,15,17-19,21,25-29,31,33,36,38H,7-9,11-14,16,20,22-24H2,1-6H3,(H,46,50)(H,51,54)(H,56,57)(H2,48,49,58)/b15-10-/t29?,31-,33+,36-,38+,45-/m1/s1. The number of carbonyl (C=O) groups excluding carboxylic acids is 3. The molecule has 4 amide bonds. The molecule has 2 aromatic heterocycles. The lowest BCUT2D eigenvalue weighted by Crippen LogP contribution is -2.59. The molecule has 2 aliphatic heterocycles. The number of aliphatic carboxylic acids is 1. The number of thiazole rings is 1. The number of allylic oxidation sites excluding steroid dienone is 1. The molecule has 64 heavy (non-hydrogen) atoms. The monoisotopic (exact) mass is 922 g/mol. The van der Waals surface area contributed by atoms with Gasteiger partial charge in [0.1, 0.15) is 40.9 Å². The summed E-state index contributed by atoms with van der Waals surface area (Å²) >= 11 is 1.45. The first-order valence-electron chi connectivity index (χ1n) is 22.4. The quantitative estimate of drug-likeness (QED) is 0.126. The third-order valence-corrected chi connectivity index (χ3v) is 15.9. The van der Waals surface area contributed by atoms with Crippen LogP contribution >= 0.6 is 11.3 Å². The van der Waals surface area contributed by atoms with Crippen LogP contribution in [0.15, 0.2) is 41.8 Å². The topological polar surface area (TPSA) is 221 Å². The van der Waals surface area contributed by atoms with Crippen LogP contribution < -0.4 is 30.7 Å². The van der Waals surface area contributed by atoms with E-state index in [0.717, 1.165) is 37.2 Å². The molecule has 348 valence electrons. The Morgan fingerprint density at radius 2 is 1.84 bits per heavy atom. The Balaban J connectivity index is 1.18. The van der Waals surface area contributed by atoms with Gasteiger partial charge in [-0.3, -0.25) is 9.59 Å². The van der Waals surface area contributed by atoms with E-state index < -0.39 is 74.8 Å². The maximum atomic E-state index is 14.9. The molecule has 6 atom stereocenters. The van der Waals surface area contributed by atoms with E-state index in [1.165, 1.54) is 27.6 Å². The number of urea groups is 1. The van der Waals surface area contributed by atoms with Crippen LogP contribution in [0.5, 0.6) is 11.5 Å². The number of rotatable bonds is 14. The van der Waals surface area contributed by atoms with Crippen molar-refractivity contribution in [2.75, 3.05) is 32.6 Å². The van der Waals surface area contributed by atoms with E-state index in [2.05, 4.69) is 21.3 Å². The SMILES string of the molecule is COc1ccc2c(O[C@@H]3C[C@H]4C(=O)N[C@]5(C(=O)O)CC5/C=C\CCCCC[C@H](NC(=O)N[C@H](CN(C)S(=O)(=O)C(C)C)C5CCC5)C(=O)N4C3)cc(-c3csc(NC(C)C)n3)nc2c1. The first-order chi connectivity index (χ1) is 30.5. The number of carbonyl (C=O) groups is 4. The summed E-state index contributed by atoms with van der Waals surface area (Å²) in [6.07, 6.45) is 9.12. The zero-order chi connectivity index (χ0) is 45.9. The zero-order valence-corrected chi connectivity index (χ0v) is 39.1. The van der Waals surface area contributed by atoms with Crippen molar-refractivity contribution in [1.29, 1.82) is 0 Å². The summed E-state index contributed by atoms with van der Waals surface area (Å²) in [7, 11) is -0.501. The van der Waals surface area contributed by atoms with Crippen LogP contribution in [-0.4, -0.2) is 125 Å². The normalized spacial score (nSPS) is 25.4. The summed E-state index contributed by atoms with van der Waals surface area (Å²) in [5.41, 5.74) is 0.255. The molecule has 1 saturated heterocycles. The number of amides is 4. The minimum Gasteiger partial charge on any atom is -0.497 e. The number of benzene rings is 1. The van der Waals surface area contributed by atoms with Crippen LogP contribution in [0.4, 0.5) is 9.93 Å². The summed E-state index contributed by atoms with van der Waals surface area (Å²) < 4.78 is 39.6. The molecular formula is C45H62N8O9S2. The summed E-state index contributed by atoms with van der Waals surface area (Å²) in [6.45, 7) is 7.34. The highest BCUT2D eigenvalue weighted by Crippen LogP contribution is 2.46. The van der Waals surface area contributed by atoms with Gasteiger partial charge in [0.15, 0.2) is 5.13 Å². The molecule has 4 aliphatic rings. The highest BCUT2D eigenvalue weighted by Gasteiger charge is 2.61. The van der Waals surface area contributed by atoms with Gasteiger partial charge in [0.05, 0.1) is 30.1 Å². The van der Waals surface area contributed by atoms with Crippen LogP contribution in [0.2, 0.25) is 0 Å². The molecule has 1 unspecified atom stereocenters. The van der Waals surface area contributed by atoms with Gasteiger partial charge >= 0.3 is 12.0 Å². The van der Waals surface area contributed by atoms with E-state index in [1.807, 2.05) is 37.4 Å². The van der Waals surface area contributed by atoms with Crippen molar-refractivity contribution in [3.8, 4) is 22.9 Å². The second-order valence-electron chi connectivity index (χ2n) is 18.2. The van der Waals surface area contributed by atoms with E-state index in [9.17, 15) is 32.7 Å². The van der Waals surface area contributed by atoms with E-state index in [4.69, 9.17) is 19.4 Å². The van der Waals surface area contributed by atoms with Crippen LogP contribution in [0.25, 0.3) is 22.3 Å². The fourth-order valence-corrected chi connectivity index (χ4v) is 10.8. The first kappa shape index (κ1) is 47.0. The fraction of sp³-hybridized carbons (Fsp3) is 0.600. The number of likely N-dealkylation sites (N-methyl/N-ethyl adjacent to an activating group) is 1. The van der Waals surface area contributed by atoms with Gasteiger partial charge < -0.3 is 40.7 Å². The van der Waals surface area contributed by atoms with E-state index in [0.29, 0.717) is 46.6 Å². The summed E-state index contributed by atoms with van der Waals surface area (Å²) in [4.78, 5) is 67.0. The number of carboxylic acid groups (broad SMARTS) is 1. The fourth-order valence-electron chi connectivity index (χ4n) is 8.83. The Morgan fingerprint density at radius 1 is 1.06 bits per heavy atom. The smallest absolute Gasteiger partial charge is 0.330 e. The van der Waals surface area contributed by atoms with Gasteiger partial charge in [0.25, 0.3) is 0 Å². The van der Waals surface area contributed by atoms with Crippen molar-refractivity contribution in [1.82, 2.24) is 35.1 Å². The van der Waals surface area contributed by atoms with Gasteiger partial charge in [-0.15, -0.1) is 11.3 Å². The van der Waals surface area contributed by atoms with Crippen molar-refractivity contribution in [3.63, 3.8) is 0 Å². The summed E-state index contributed by atoms with van der Waals surface area (Å²) in [6, 6.07) is 4.13. The predicted octanol–water partition coefficient (Wildman–Crippen LogP) is 5.52. The van der Waals surface area contributed by atoms with Gasteiger partial charge in [0, 0.05) is 60.9 Å². The Kier molecular flexibility index (Phi) is 14.4. The number of hydrogen-bond acceptors (Lipinski definition) is 12. The van der Waals surface area contributed by atoms with Crippen LogP contribution in [0.1, 0.15) is 91.9 Å². The van der Waals surface area contributed by atoms with Gasteiger partial charge in [-0.05, 0) is 84.3 Å². The number of ether oxygens (including phenoxy) is 2. The Bertz CT molecular complexity index is 2350. The number of pyridine rings is 1. The minimum absolute atomic E-state index is 0.0306. The van der Waals surface area contributed by atoms with Crippen LogP contribution in [0, 0.1) is 11.8 Å². The molecule has 19 heteroatoms. The van der Waals surface area contributed by atoms with Gasteiger partial charge in [-0.2, -0.15) is 0 Å². The number of sulfonamides is 1. The molecule has 0 radical (unpaired) electrons. The lowest BCUT2D eigenvalue weighted by atomic mass is 9.79. The predicted molar refractivity (Wildman–Crippen MR) is 245 cm³/mol. The van der Waals surface area contributed by atoms with Crippen molar-refractivity contribution < 1.29 is 42.2 Å². The van der Waals surface area contributed by atoms with Crippen molar-refractivity contribution in [2.24, 2.45) is 11.8 Å². The van der Waals surface area contributed by atoms with Crippen LogP contribution in [0.3, 0.4) is 0 Å². The third-order valence-electron chi connectivity index (χ3n) is 12.9. The molecule has 0 spiro atoms. The molecule has 5 N–H and O–H groups in total. The minimum atomic E-state index is -3.59. The molecular weight excluding hydrogens is 861 g/mol. The average molecular weight is 923 g/mol. The van der Waals surface area contributed by atoms with Crippen LogP contribution in [-0.2, 0) is 24.4 Å². The number of nitrogens with one attached hydrogen (secondary N) is 4. The number of aromatic nitrogens is 2. The second kappa shape index (κ2) is 19.6. The van der Waals surface area contributed by atoms with Crippen molar-refractivity contribution >= 4 is 61.2 Å². The first-order valence-corrected chi connectivity index (χ1v) is 24.8. The maximum absolute atomic E-state index is 14.9. The molecule has 17 nitrogen and oxygen atoms in total.